The molecule has 33 heavy (non-hydrogen) atoms. The third-order valence-electron chi connectivity index (χ3n) is 4.77. The monoisotopic (exact) mass is 450 g/mol. The molecule has 0 spiro atoms. The number of unbranched alkanes of at least 4 members (excludes halogenated alkanes) is 2. The van der Waals surface area contributed by atoms with Crippen molar-refractivity contribution < 1.29 is 24.1 Å². The second-order valence-electron chi connectivity index (χ2n) is 7.52. The third-order valence-corrected chi connectivity index (χ3v) is 4.77. The number of rotatable bonds is 14. The first-order valence-electron chi connectivity index (χ1n) is 11.4. The summed E-state index contributed by atoms with van der Waals surface area (Å²) in [5.74, 6) is 1.68. The van der Waals surface area contributed by atoms with Crippen LogP contribution in [-0.2, 0) is 4.79 Å². The lowest BCUT2D eigenvalue weighted by Crippen LogP contribution is -1.98. The highest BCUT2D eigenvalue weighted by Gasteiger charge is 2.05. The SMILES string of the molecule is CCCCOc1ccc(/C=C/C(=O)/C=C(O)/C=C/c2ccc(OCCCC)c(OC)c2)cc1. The number of hydrogen-bond acceptors (Lipinski definition) is 5. The van der Waals surface area contributed by atoms with Gasteiger partial charge in [0.15, 0.2) is 17.3 Å². The van der Waals surface area contributed by atoms with E-state index in [1.807, 2.05) is 42.5 Å². The van der Waals surface area contributed by atoms with Crippen molar-refractivity contribution in [3.63, 3.8) is 0 Å². The Morgan fingerprint density at radius 2 is 1.48 bits per heavy atom. The lowest BCUT2D eigenvalue weighted by Gasteiger charge is -2.10. The molecule has 5 nitrogen and oxygen atoms in total. The molecular formula is C28H34O5. The highest BCUT2D eigenvalue weighted by molar-refractivity contribution is 6.02. The fourth-order valence-corrected chi connectivity index (χ4v) is 2.85. The van der Waals surface area contributed by atoms with Crippen molar-refractivity contribution in [2.75, 3.05) is 20.3 Å². The number of ketones is 1. The molecule has 0 aliphatic rings. The average Bonchev–Trinajstić information content (AvgIpc) is 2.83. The zero-order chi connectivity index (χ0) is 23.9. The van der Waals surface area contributed by atoms with Gasteiger partial charge in [-0.05, 0) is 60.4 Å². The lowest BCUT2D eigenvalue weighted by atomic mass is 10.1. The summed E-state index contributed by atoms with van der Waals surface area (Å²) in [6, 6.07) is 13.1. The maximum absolute atomic E-state index is 12.1. The number of allylic oxidation sites excluding steroid dienone is 3. The van der Waals surface area contributed by atoms with E-state index in [4.69, 9.17) is 14.2 Å². The smallest absolute Gasteiger partial charge is 0.182 e. The number of carbonyl (C=O) groups is 1. The quantitative estimate of drug-likeness (QED) is 0.149. The summed E-state index contributed by atoms with van der Waals surface area (Å²) >= 11 is 0. The van der Waals surface area contributed by atoms with Crippen molar-refractivity contribution in [1.82, 2.24) is 0 Å². The molecule has 5 heteroatoms. The van der Waals surface area contributed by atoms with Crippen LogP contribution < -0.4 is 14.2 Å². The van der Waals surface area contributed by atoms with Gasteiger partial charge in [-0.3, -0.25) is 4.79 Å². The molecule has 0 amide bonds. The number of aliphatic hydroxyl groups is 1. The number of methoxy groups -OCH3 is 1. The first kappa shape index (κ1) is 25.8. The zero-order valence-corrected chi connectivity index (χ0v) is 19.8. The number of ether oxygens (including phenoxy) is 3. The Labute approximate surface area is 197 Å². The molecular weight excluding hydrogens is 416 g/mol. The van der Waals surface area contributed by atoms with Gasteiger partial charge in [0.2, 0.25) is 0 Å². The molecule has 0 aromatic heterocycles. The van der Waals surface area contributed by atoms with Crippen LogP contribution in [0.25, 0.3) is 12.2 Å². The summed E-state index contributed by atoms with van der Waals surface area (Å²) in [6.45, 7) is 5.57. The first-order valence-corrected chi connectivity index (χ1v) is 11.4. The van der Waals surface area contributed by atoms with Gasteiger partial charge in [0, 0.05) is 6.08 Å². The summed E-state index contributed by atoms with van der Waals surface area (Å²) in [7, 11) is 1.59. The Morgan fingerprint density at radius 1 is 0.848 bits per heavy atom. The highest BCUT2D eigenvalue weighted by atomic mass is 16.5. The molecule has 0 atom stereocenters. The van der Waals surface area contributed by atoms with Gasteiger partial charge in [0.05, 0.1) is 20.3 Å². The predicted octanol–water partition coefficient (Wildman–Crippen LogP) is 6.79. The number of carbonyl (C=O) groups excluding carboxylic acids is 1. The second kappa shape index (κ2) is 14.6. The van der Waals surface area contributed by atoms with Gasteiger partial charge < -0.3 is 19.3 Å². The first-order chi connectivity index (χ1) is 16.0. The summed E-state index contributed by atoms with van der Waals surface area (Å²) < 4.78 is 16.7. The van der Waals surface area contributed by atoms with Gasteiger partial charge in [-0.1, -0.05) is 57.0 Å². The molecule has 2 rings (SSSR count). The van der Waals surface area contributed by atoms with E-state index in [1.165, 1.54) is 18.2 Å². The zero-order valence-electron chi connectivity index (χ0n) is 19.8. The van der Waals surface area contributed by atoms with Gasteiger partial charge in [0.1, 0.15) is 11.5 Å². The van der Waals surface area contributed by atoms with E-state index in [9.17, 15) is 9.90 Å². The largest absolute Gasteiger partial charge is 0.508 e. The van der Waals surface area contributed by atoms with Crippen LogP contribution in [0.1, 0.15) is 50.7 Å². The third kappa shape index (κ3) is 9.69. The van der Waals surface area contributed by atoms with Crippen LogP contribution in [0.3, 0.4) is 0 Å². The number of benzene rings is 2. The Hall–Kier alpha value is -3.47. The van der Waals surface area contributed by atoms with E-state index < -0.39 is 0 Å². The Balaban J connectivity index is 1.93. The van der Waals surface area contributed by atoms with E-state index in [0.717, 1.165) is 42.6 Å². The summed E-state index contributed by atoms with van der Waals surface area (Å²) in [5.41, 5.74) is 1.70. The Morgan fingerprint density at radius 3 is 2.15 bits per heavy atom. The molecule has 0 radical (unpaired) electrons. The maximum Gasteiger partial charge on any atom is 0.182 e. The minimum absolute atomic E-state index is 0.133. The van der Waals surface area contributed by atoms with Gasteiger partial charge in [-0.15, -0.1) is 0 Å². The molecule has 0 heterocycles. The lowest BCUT2D eigenvalue weighted by molar-refractivity contribution is -0.110. The summed E-state index contributed by atoms with van der Waals surface area (Å²) in [4.78, 5) is 12.1. The molecule has 2 aromatic carbocycles. The van der Waals surface area contributed by atoms with Crippen LogP contribution >= 0.6 is 0 Å². The molecule has 0 saturated heterocycles. The Bertz CT molecular complexity index is 955. The molecule has 0 saturated carbocycles. The maximum atomic E-state index is 12.1. The van der Waals surface area contributed by atoms with Crippen molar-refractivity contribution >= 4 is 17.9 Å². The number of hydrogen-bond donors (Lipinski definition) is 1. The number of aliphatic hydroxyl groups excluding tert-OH is 1. The predicted molar refractivity (Wildman–Crippen MR) is 134 cm³/mol. The van der Waals surface area contributed by atoms with E-state index >= 15 is 0 Å². The topological polar surface area (TPSA) is 65.0 Å². The summed E-state index contributed by atoms with van der Waals surface area (Å²) in [6.07, 6.45) is 11.6. The second-order valence-corrected chi connectivity index (χ2v) is 7.52. The Kier molecular flexibility index (Phi) is 11.4. The molecule has 0 aliphatic carbocycles. The van der Waals surface area contributed by atoms with E-state index in [2.05, 4.69) is 13.8 Å². The van der Waals surface area contributed by atoms with Crippen LogP contribution in [0.5, 0.6) is 17.2 Å². The fourth-order valence-electron chi connectivity index (χ4n) is 2.85. The standard InChI is InChI=1S/C28H34O5/c1-4-6-18-32-26-15-10-22(11-16-26)8-13-24(29)21-25(30)14-9-23-12-17-27(28(20-23)31-3)33-19-7-5-2/h8-17,20-21,30H,4-7,18-19H2,1-3H3/b13-8+,14-9+,25-21-. The van der Waals surface area contributed by atoms with Gasteiger partial charge in [0.25, 0.3) is 0 Å². The molecule has 2 aromatic rings. The minimum Gasteiger partial charge on any atom is -0.508 e. The molecule has 1 N–H and O–H groups in total. The van der Waals surface area contributed by atoms with E-state index in [1.54, 1.807) is 19.3 Å². The van der Waals surface area contributed by atoms with Crippen LogP contribution in [-0.4, -0.2) is 31.2 Å². The van der Waals surface area contributed by atoms with Gasteiger partial charge >= 0.3 is 0 Å². The van der Waals surface area contributed by atoms with E-state index in [0.29, 0.717) is 24.7 Å². The average molecular weight is 451 g/mol. The molecule has 0 unspecified atom stereocenters. The minimum atomic E-state index is -0.308. The van der Waals surface area contributed by atoms with Crippen LogP contribution in [0.4, 0.5) is 0 Å². The van der Waals surface area contributed by atoms with Crippen molar-refractivity contribution in [2.45, 2.75) is 39.5 Å². The molecule has 0 aliphatic heterocycles. The van der Waals surface area contributed by atoms with Gasteiger partial charge in [-0.2, -0.15) is 0 Å². The molecule has 0 bridgehead atoms. The fraction of sp³-hybridized carbons (Fsp3) is 0.321. The van der Waals surface area contributed by atoms with Gasteiger partial charge in [-0.25, -0.2) is 0 Å². The van der Waals surface area contributed by atoms with Crippen LogP contribution in [0.2, 0.25) is 0 Å². The van der Waals surface area contributed by atoms with Crippen molar-refractivity contribution in [2.24, 2.45) is 0 Å². The van der Waals surface area contributed by atoms with Crippen molar-refractivity contribution in [3.05, 3.63) is 77.6 Å². The highest BCUT2D eigenvalue weighted by Crippen LogP contribution is 2.29. The van der Waals surface area contributed by atoms with Crippen LogP contribution in [0.15, 0.2) is 66.5 Å². The molecule has 176 valence electrons. The van der Waals surface area contributed by atoms with E-state index in [-0.39, 0.29) is 11.5 Å². The normalized spacial score (nSPS) is 11.8. The van der Waals surface area contributed by atoms with Crippen molar-refractivity contribution in [1.29, 1.82) is 0 Å². The van der Waals surface area contributed by atoms with Crippen LogP contribution in [0, 0.1) is 0 Å². The summed E-state index contributed by atoms with van der Waals surface area (Å²) in [5, 5.41) is 10.1. The van der Waals surface area contributed by atoms with Crippen molar-refractivity contribution in [3.8, 4) is 17.2 Å². The molecule has 0 fully saturated rings.